The number of hydrogen-bond acceptors (Lipinski definition) is 3. The molecule has 0 saturated carbocycles. The normalized spacial score (nSPS) is 12.7. The summed E-state index contributed by atoms with van der Waals surface area (Å²) >= 11 is 11.7. The number of halogens is 3. The molecule has 5 nitrogen and oxygen atoms in total. The predicted molar refractivity (Wildman–Crippen MR) is 95.9 cm³/mol. The topological polar surface area (TPSA) is 75.3 Å². The summed E-state index contributed by atoms with van der Waals surface area (Å²) in [5.74, 6) is -0.950. The molecule has 25 heavy (non-hydrogen) atoms. The number of benzene rings is 2. The van der Waals surface area contributed by atoms with Crippen LogP contribution in [0.2, 0.25) is 10.0 Å². The smallest absolute Gasteiger partial charge is 0.241 e. The van der Waals surface area contributed by atoms with E-state index in [0.29, 0.717) is 5.69 Å². The monoisotopic (exact) mass is 404 g/mol. The van der Waals surface area contributed by atoms with Gasteiger partial charge >= 0.3 is 0 Å². The second-order valence-corrected chi connectivity index (χ2v) is 7.86. The molecule has 134 valence electrons. The molecule has 1 atom stereocenters. The van der Waals surface area contributed by atoms with Gasteiger partial charge in [-0.3, -0.25) is 4.79 Å². The lowest BCUT2D eigenvalue weighted by Gasteiger charge is -2.17. The fraction of sp³-hybridized carbons (Fsp3) is 0.188. The van der Waals surface area contributed by atoms with Crippen molar-refractivity contribution in [1.82, 2.24) is 4.72 Å². The Hall–Kier alpha value is -1.67. The van der Waals surface area contributed by atoms with Crippen LogP contribution in [0.1, 0.15) is 25.5 Å². The molecule has 0 bridgehead atoms. The highest BCUT2D eigenvalue weighted by molar-refractivity contribution is 7.89. The maximum Gasteiger partial charge on any atom is 0.241 e. The van der Waals surface area contributed by atoms with Gasteiger partial charge in [-0.1, -0.05) is 23.2 Å². The minimum Gasteiger partial charge on any atom is -0.326 e. The molecule has 1 amide bonds. The van der Waals surface area contributed by atoms with Gasteiger partial charge in [0.15, 0.2) is 0 Å². The third-order valence-electron chi connectivity index (χ3n) is 3.32. The average Bonchev–Trinajstić information content (AvgIpc) is 2.50. The van der Waals surface area contributed by atoms with Gasteiger partial charge in [-0.05, 0) is 48.9 Å². The van der Waals surface area contributed by atoms with Crippen molar-refractivity contribution in [3.63, 3.8) is 0 Å². The Morgan fingerprint density at radius 3 is 2.28 bits per heavy atom. The van der Waals surface area contributed by atoms with Crippen molar-refractivity contribution in [1.29, 1.82) is 0 Å². The van der Waals surface area contributed by atoms with Gasteiger partial charge in [-0.2, -0.15) is 0 Å². The van der Waals surface area contributed by atoms with Gasteiger partial charge in [0.2, 0.25) is 15.9 Å². The Bertz CT molecular complexity index is 902. The lowest BCUT2D eigenvalue weighted by Crippen LogP contribution is -2.27. The number of hydrogen-bond donors (Lipinski definition) is 2. The Kier molecular flexibility index (Phi) is 6.05. The number of anilines is 1. The van der Waals surface area contributed by atoms with Crippen LogP contribution in [0.3, 0.4) is 0 Å². The second kappa shape index (κ2) is 7.70. The first-order chi connectivity index (χ1) is 11.6. The van der Waals surface area contributed by atoms with E-state index in [1.54, 1.807) is 0 Å². The fourth-order valence-corrected chi connectivity index (χ4v) is 3.92. The van der Waals surface area contributed by atoms with Gasteiger partial charge in [0.1, 0.15) is 5.82 Å². The molecule has 9 heteroatoms. The van der Waals surface area contributed by atoms with Crippen molar-refractivity contribution in [2.24, 2.45) is 0 Å². The van der Waals surface area contributed by atoms with Crippen molar-refractivity contribution >= 4 is 44.8 Å². The van der Waals surface area contributed by atoms with Crippen LogP contribution < -0.4 is 10.0 Å². The summed E-state index contributed by atoms with van der Waals surface area (Å²) in [6.07, 6.45) is 0. The van der Waals surface area contributed by atoms with E-state index in [1.807, 2.05) is 0 Å². The third-order valence-corrected chi connectivity index (χ3v) is 5.50. The van der Waals surface area contributed by atoms with Crippen LogP contribution in [0.5, 0.6) is 0 Å². The van der Waals surface area contributed by atoms with Gasteiger partial charge in [-0.25, -0.2) is 17.5 Å². The first-order valence-corrected chi connectivity index (χ1v) is 9.38. The first kappa shape index (κ1) is 19.7. The lowest BCUT2D eigenvalue weighted by atomic mass is 10.1. The number of carbonyl (C=O) groups excluding carboxylic acids is 1. The Labute approximate surface area is 155 Å². The zero-order valence-corrected chi connectivity index (χ0v) is 15.6. The van der Waals surface area contributed by atoms with Crippen molar-refractivity contribution in [3.05, 3.63) is 57.8 Å². The summed E-state index contributed by atoms with van der Waals surface area (Å²) in [4.78, 5) is 11.0. The summed E-state index contributed by atoms with van der Waals surface area (Å²) in [6, 6.07) is 7.18. The van der Waals surface area contributed by atoms with Gasteiger partial charge in [0, 0.05) is 23.7 Å². The van der Waals surface area contributed by atoms with Crippen LogP contribution in [0.25, 0.3) is 0 Å². The number of amides is 1. The summed E-state index contributed by atoms with van der Waals surface area (Å²) in [5, 5.41) is 2.56. The SMILES string of the molecule is CC(=O)Nc1ccc(S(=O)(=O)N[C@H](C)c2cc(F)c(Cl)cc2Cl)cc1. The summed E-state index contributed by atoms with van der Waals surface area (Å²) < 4.78 is 41.0. The highest BCUT2D eigenvalue weighted by atomic mass is 35.5. The number of sulfonamides is 1. The van der Waals surface area contributed by atoms with E-state index in [4.69, 9.17) is 23.2 Å². The van der Waals surface area contributed by atoms with E-state index >= 15 is 0 Å². The standard InChI is InChI=1S/C16H15Cl2FN2O3S/c1-9(13-7-16(19)15(18)8-14(13)17)21-25(23,24)12-5-3-11(4-6-12)20-10(2)22/h3-9,21H,1-2H3,(H,20,22)/t9-/m1/s1. The maximum atomic E-state index is 13.6. The van der Waals surface area contributed by atoms with Crippen molar-refractivity contribution in [2.75, 3.05) is 5.32 Å². The fourth-order valence-electron chi connectivity index (χ4n) is 2.15. The van der Waals surface area contributed by atoms with Crippen LogP contribution in [0.4, 0.5) is 10.1 Å². The van der Waals surface area contributed by atoms with E-state index < -0.39 is 21.9 Å². The number of carbonyl (C=O) groups is 1. The molecule has 0 aromatic heterocycles. The minimum atomic E-state index is -3.87. The highest BCUT2D eigenvalue weighted by Crippen LogP contribution is 2.29. The second-order valence-electron chi connectivity index (χ2n) is 5.34. The molecule has 0 aliphatic heterocycles. The molecule has 0 aliphatic carbocycles. The summed E-state index contributed by atoms with van der Waals surface area (Å²) in [7, 11) is -3.87. The lowest BCUT2D eigenvalue weighted by molar-refractivity contribution is -0.114. The molecule has 0 aliphatic rings. The molecule has 2 aromatic carbocycles. The van der Waals surface area contributed by atoms with E-state index in [1.165, 1.54) is 44.2 Å². The van der Waals surface area contributed by atoms with Crippen LogP contribution in [-0.4, -0.2) is 14.3 Å². The zero-order valence-electron chi connectivity index (χ0n) is 13.3. The van der Waals surface area contributed by atoms with Gasteiger partial charge in [0.25, 0.3) is 0 Å². The largest absolute Gasteiger partial charge is 0.326 e. The molecular formula is C16H15Cl2FN2O3S. The van der Waals surface area contributed by atoms with E-state index in [0.717, 1.165) is 6.07 Å². The maximum absolute atomic E-state index is 13.6. The zero-order chi connectivity index (χ0) is 18.8. The van der Waals surface area contributed by atoms with Crippen molar-refractivity contribution in [2.45, 2.75) is 24.8 Å². The number of nitrogens with one attached hydrogen (secondary N) is 2. The van der Waals surface area contributed by atoms with Crippen LogP contribution in [0, 0.1) is 5.82 Å². The van der Waals surface area contributed by atoms with Crippen molar-refractivity contribution < 1.29 is 17.6 Å². The molecule has 0 unspecified atom stereocenters. The number of rotatable bonds is 5. The molecule has 2 N–H and O–H groups in total. The van der Waals surface area contributed by atoms with E-state index in [-0.39, 0.29) is 26.4 Å². The molecule has 0 heterocycles. The Balaban J connectivity index is 2.23. The van der Waals surface area contributed by atoms with Crippen molar-refractivity contribution in [3.8, 4) is 0 Å². The highest BCUT2D eigenvalue weighted by Gasteiger charge is 2.21. The Morgan fingerprint density at radius 2 is 1.72 bits per heavy atom. The Morgan fingerprint density at radius 1 is 1.12 bits per heavy atom. The third kappa shape index (κ3) is 4.92. The molecule has 0 spiro atoms. The minimum absolute atomic E-state index is 0.000917. The first-order valence-electron chi connectivity index (χ1n) is 7.14. The predicted octanol–water partition coefficient (Wildman–Crippen LogP) is 4.13. The summed E-state index contributed by atoms with van der Waals surface area (Å²) in [6.45, 7) is 2.89. The summed E-state index contributed by atoms with van der Waals surface area (Å²) in [5.41, 5.74) is 0.740. The molecule has 0 saturated heterocycles. The molecule has 0 radical (unpaired) electrons. The van der Waals surface area contributed by atoms with Crippen LogP contribution in [-0.2, 0) is 14.8 Å². The van der Waals surface area contributed by atoms with Gasteiger partial charge in [0.05, 0.1) is 9.92 Å². The molecular weight excluding hydrogens is 390 g/mol. The van der Waals surface area contributed by atoms with Crippen LogP contribution >= 0.6 is 23.2 Å². The van der Waals surface area contributed by atoms with E-state index in [9.17, 15) is 17.6 Å². The van der Waals surface area contributed by atoms with Crippen LogP contribution in [0.15, 0.2) is 41.3 Å². The van der Waals surface area contributed by atoms with Gasteiger partial charge < -0.3 is 5.32 Å². The molecule has 0 fully saturated rings. The molecule has 2 rings (SSSR count). The quantitative estimate of drug-likeness (QED) is 0.735. The average molecular weight is 405 g/mol. The van der Waals surface area contributed by atoms with E-state index in [2.05, 4.69) is 10.0 Å². The van der Waals surface area contributed by atoms with Gasteiger partial charge in [-0.15, -0.1) is 0 Å². The molecule has 2 aromatic rings.